The molecule has 0 unspecified atom stereocenters. The zero-order valence-electron chi connectivity index (χ0n) is 17.3. The number of esters is 1. The minimum absolute atomic E-state index is 0.00646. The molecule has 3 rings (SSSR count). The molecule has 2 aromatic carbocycles. The Bertz CT molecular complexity index is 1130. The predicted octanol–water partition coefficient (Wildman–Crippen LogP) is 5.26. The Kier molecular flexibility index (Phi) is 6.77. The molecule has 3 aromatic rings. The van der Waals surface area contributed by atoms with Crippen molar-refractivity contribution in [2.75, 3.05) is 17.2 Å². The number of ether oxygens (including phenoxy) is 1. The number of hydrogen-bond acceptors (Lipinski definition) is 5. The maximum atomic E-state index is 12.9. The third-order valence-corrected chi connectivity index (χ3v) is 4.56. The van der Waals surface area contributed by atoms with Crippen LogP contribution in [0, 0.1) is 13.8 Å². The summed E-state index contributed by atoms with van der Waals surface area (Å²) in [5, 5.41) is 5.40. The minimum atomic E-state index is -4.51. The highest BCUT2D eigenvalue weighted by Gasteiger charge is 2.30. The largest absolute Gasteiger partial charge is 0.452 e. The Hall–Kier alpha value is -3.88. The number of pyridine rings is 1. The molecule has 1 aromatic heterocycles. The molecule has 0 aliphatic heterocycles. The van der Waals surface area contributed by atoms with Crippen LogP contribution in [0.2, 0.25) is 0 Å². The Morgan fingerprint density at radius 3 is 2.38 bits per heavy atom. The molecule has 0 atom stereocenters. The first-order valence-electron chi connectivity index (χ1n) is 9.57. The summed E-state index contributed by atoms with van der Waals surface area (Å²) in [6.07, 6.45) is -3.13. The Morgan fingerprint density at radius 1 is 1.00 bits per heavy atom. The van der Waals surface area contributed by atoms with Gasteiger partial charge in [-0.3, -0.25) is 4.79 Å². The number of hydrogen-bond donors (Lipinski definition) is 2. The van der Waals surface area contributed by atoms with Crippen molar-refractivity contribution in [2.24, 2.45) is 0 Å². The van der Waals surface area contributed by atoms with Gasteiger partial charge in [-0.2, -0.15) is 13.2 Å². The average Bonchev–Trinajstić information content (AvgIpc) is 2.75. The van der Waals surface area contributed by atoms with Crippen LogP contribution in [0.1, 0.15) is 27.0 Å². The summed E-state index contributed by atoms with van der Waals surface area (Å²) in [5.74, 6) is -1.36. The topological polar surface area (TPSA) is 80.3 Å². The van der Waals surface area contributed by atoms with Gasteiger partial charge in [0.1, 0.15) is 11.4 Å². The van der Waals surface area contributed by atoms with E-state index in [0.29, 0.717) is 5.69 Å². The number of carbonyl (C=O) groups excluding carboxylic acids is 2. The van der Waals surface area contributed by atoms with Crippen molar-refractivity contribution >= 4 is 29.1 Å². The van der Waals surface area contributed by atoms with Crippen molar-refractivity contribution in [3.8, 4) is 0 Å². The highest BCUT2D eigenvalue weighted by molar-refractivity contribution is 5.98. The molecule has 0 fully saturated rings. The van der Waals surface area contributed by atoms with Crippen LogP contribution in [0.25, 0.3) is 0 Å². The van der Waals surface area contributed by atoms with E-state index in [1.807, 2.05) is 32.0 Å². The monoisotopic (exact) mass is 443 g/mol. The van der Waals surface area contributed by atoms with Crippen LogP contribution in [0.5, 0.6) is 0 Å². The Morgan fingerprint density at radius 2 is 1.69 bits per heavy atom. The maximum absolute atomic E-state index is 12.9. The summed E-state index contributed by atoms with van der Waals surface area (Å²) in [5.41, 5.74) is 1.60. The van der Waals surface area contributed by atoms with Gasteiger partial charge in [-0.15, -0.1) is 0 Å². The molecule has 0 saturated heterocycles. The lowest BCUT2D eigenvalue weighted by atomic mass is 10.1. The smallest absolute Gasteiger partial charge is 0.416 e. The predicted molar refractivity (Wildman–Crippen MR) is 114 cm³/mol. The van der Waals surface area contributed by atoms with Crippen molar-refractivity contribution in [3.63, 3.8) is 0 Å². The number of rotatable bonds is 6. The molecule has 2 N–H and O–H groups in total. The van der Waals surface area contributed by atoms with E-state index in [1.165, 1.54) is 30.5 Å². The van der Waals surface area contributed by atoms with E-state index in [2.05, 4.69) is 15.6 Å². The van der Waals surface area contributed by atoms with Crippen LogP contribution < -0.4 is 10.6 Å². The van der Waals surface area contributed by atoms with Gasteiger partial charge in [-0.1, -0.05) is 24.3 Å². The van der Waals surface area contributed by atoms with Crippen LogP contribution in [0.3, 0.4) is 0 Å². The van der Waals surface area contributed by atoms with Gasteiger partial charge < -0.3 is 15.4 Å². The molecule has 0 aliphatic rings. The first kappa shape index (κ1) is 22.8. The molecule has 0 saturated carbocycles. The number of aryl methyl sites for hydroxylation is 2. The van der Waals surface area contributed by atoms with Crippen molar-refractivity contribution < 1.29 is 27.5 Å². The van der Waals surface area contributed by atoms with Gasteiger partial charge in [0.05, 0.1) is 5.56 Å². The SMILES string of the molecule is Cc1cccc(C)c1NC(=O)COC(=O)c1cccnc1Nc1cccc(C(F)(F)F)c1. The lowest BCUT2D eigenvalue weighted by Crippen LogP contribution is -2.22. The van der Waals surface area contributed by atoms with Gasteiger partial charge in [0.25, 0.3) is 5.91 Å². The number of aromatic nitrogens is 1. The number of nitrogens with one attached hydrogen (secondary N) is 2. The number of para-hydroxylation sites is 1. The molecule has 1 heterocycles. The fraction of sp³-hybridized carbons (Fsp3) is 0.174. The molecule has 32 heavy (non-hydrogen) atoms. The minimum Gasteiger partial charge on any atom is -0.452 e. The fourth-order valence-corrected chi connectivity index (χ4v) is 2.98. The molecular formula is C23H20F3N3O3. The van der Waals surface area contributed by atoms with Gasteiger partial charge >= 0.3 is 12.1 Å². The third kappa shape index (κ3) is 5.63. The molecule has 1 amide bonds. The number of anilines is 3. The summed E-state index contributed by atoms with van der Waals surface area (Å²) in [4.78, 5) is 28.8. The normalized spacial score (nSPS) is 11.0. The van der Waals surface area contributed by atoms with Crippen molar-refractivity contribution in [1.82, 2.24) is 4.98 Å². The van der Waals surface area contributed by atoms with E-state index >= 15 is 0 Å². The summed E-state index contributed by atoms with van der Waals surface area (Å²) in [7, 11) is 0. The van der Waals surface area contributed by atoms with Crippen LogP contribution >= 0.6 is 0 Å². The number of alkyl halides is 3. The van der Waals surface area contributed by atoms with Crippen LogP contribution in [-0.2, 0) is 15.7 Å². The number of carbonyl (C=O) groups is 2. The van der Waals surface area contributed by atoms with Crippen LogP contribution in [0.4, 0.5) is 30.4 Å². The van der Waals surface area contributed by atoms with E-state index in [-0.39, 0.29) is 17.1 Å². The molecule has 0 spiro atoms. The lowest BCUT2D eigenvalue weighted by molar-refractivity contribution is -0.137. The maximum Gasteiger partial charge on any atom is 0.416 e. The Labute approximate surface area is 182 Å². The number of nitrogens with zero attached hydrogens (tertiary/aromatic N) is 1. The molecule has 0 bridgehead atoms. The number of halogens is 3. The molecule has 9 heteroatoms. The molecule has 0 radical (unpaired) electrons. The van der Waals surface area contributed by atoms with E-state index in [4.69, 9.17) is 4.74 Å². The summed E-state index contributed by atoms with van der Waals surface area (Å²) >= 11 is 0. The highest BCUT2D eigenvalue weighted by Crippen LogP contribution is 2.31. The fourth-order valence-electron chi connectivity index (χ4n) is 2.98. The van der Waals surface area contributed by atoms with Gasteiger partial charge in [0.15, 0.2) is 6.61 Å². The second-order valence-electron chi connectivity index (χ2n) is 6.99. The summed E-state index contributed by atoms with van der Waals surface area (Å²) in [6, 6.07) is 12.9. The van der Waals surface area contributed by atoms with Gasteiger partial charge in [-0.05, 0) is 55.3 Å². The summed E-state index contributed by atoms with van der Waals surface area (Å²) < 4.78 is 43.9. The van der Waals surface area contributed by atoms with E-state index in [0.717, 1.165) is 23.3 Å². The molecular weight excluding hydrogens is 423 g/mol. The molecule has 166 valence electrons. The number of amides is 1. The first-order chi connectivity index (χ1) is 15.1. The zero-order chi connectivity index (χ0) is 23.3. The third-order valence-electron chi connectivity index (χ3n) is 4.56. The van der Waals surface area contributed by atoms with Gasteiger partial charge in [0.2, 0.25) is 0 Å². The quantitative estimate of drug-likeness (QED) is 0.508. The first-order valence-corrected chi connectivity index (χ1v) is 9.57. The molecule has 0 aliphatic carbocycles. The van der Waals surface area contributed by atoms with E-state index in [1.54, 1.807) is 0 Å². The Balaban J connectivity index is 1.69. The lowest BCUT2D eigenvalue weighted by Gasteiger charge is -2.13. The highest BCUT2D eigenvalue weighted by atomic mass is 19.4. The average molecular weight is 443 g/mol. The zero-order valence-corrected chi connectivity index (χ0v) is 17.3. The standard InChI is InChI=1S/C23H20F3N3O3/c1-14-6-3-7-15(2)20(14)29-19(30)13-32-22(31)18-10-5-11-27-21(18)28-17-9-4-8-16(12-17)23(24,25)26/h3-12H,13H2,1-2H3,(H,27,28)(H,29,30). The van der Waals surface area contributed by atoms with E-state index in [9.17, 15) is 22.8 Å². The van der Waals surface area contributed by atoms with Crippen LogP contribution in [-0.4, -0.2) is 23.5 Å². The van der Waals surface area contributed by atoms with Crippen molar-refractivity contribution in [3.05, 3.63) is 83.0 Å². The van der Waals surface area contributed by atoms with Gasteiger partial charge in [0, 0.05) is 17.6 Å². The van der Waals surface area contributed by atoms with E-state index < -0.39 is 30.2 Å². The van der Waals surface area contributed by atoms with Crippen molar-refractivity contribution in [1.29, 1.82) is 0 Å². The molecule has 6 nitrogen and oxygen atoms in total. The number of benzene rings is 2. The second-order valence-corrected chi connectivity index (χ2v) is 6.99. The second kappa shape index (κ2) is 9.51. The summed E-state index contributed by atoms with van der Waals surface area (Å²) in [6.45, 7) is 3.15. The van der Waals surface area contributed by atoms with Crippen molar-refractivity contribution in [2.45, 2.75) is 20.0 Å². The van der Waals surface area contributed by atoms with Gasteiger partial charge in [-0.25, -0.2) is 9.78 Å². The van der Waals surface area contributed by atoms with Crippen LogP contribution in [0.15, 0.2) is 60.8 Å².